The van der Waals surface area contributed by atoms with E-state index in [-0.39, 0.29) is 0 Å². The zero-order valence-electron chi connectivity index (χ0n) is 6.97. The summed E-state index contributed by atoms with van der Waals surface area (Å²) in [5, 5.41) is 8.62. The van der Waals surface area contributed by atoms with Crippen molar-refractivity contribution in [3.8, 4) is 6.07 Å². The van der Waals surface area contributed by atoms with Crippen LogP contribution < -0.4 is 0 Å². The van der Waals surface area contributed by atoms with Gasteiger partial charge in [-0.2, -0.15) is 5.26 Å². The van der Waals surface area contributed by atoms with E-state index in [2.05, 4.69) is 11.1 Å². The first kappa shape index (κ1) is 7.74. The third-order valence-corrected chi connectivity index (χ3v) is 1.76. The predicted molar refractivity (Wildman–Crippen MR) is 43.2 cm³/mol. The van der Waals surface area contributed by atoms with Gasteiger partial charge in [-0.3, -0.25) is 0 Å². The number of rotatable bonds is 0. The summed E-state index contributed by atoms with van der Waals surface area (Å²) < 4.78 is 0. The van der Waals surface area contributed by atoms with Gasteiger partial charge in [-0.15, -0.1) is 0 Å². The molecule has 0 unspecified atom stereocenters. The molecular weight excluding hydrogens is 136 g/mol. The van der Waals surface area contributed by atoms with Crippen molar-refractivity contribution in [3.05, 3.63) is 28.6 Å². The van der Waals surface area contributed by atoms with Gasteiger partial charge in [0.1, 0.15) is 11.8 Å². The topological polar surface area (TPSA) is 36.7 Å². The first-order chi connectivity index (χ1) is 5.15. The van der Waals surface area contributed by atoms with Crippen LogP contribution in [0.3, 0.4) is 0 Å². The van der Waals surface area contributed by atoms with Crippen molar-refractivity contribution in [3.63, 3.8) is 0 Å². The van der Waals surface area contributed by atoms with E-state index in [0.717, 1.165) is 16.8 Å². The summed E-state index contributed by atoms with van der Waals surface area (Å²) >= 11 is 0. The van der Waals surface area contributed by atoms with Gasteiger partial charge in [0.25, 0.3) is 0 Å². The van der Waals surface area contributed by atoms with Crippen LogP contribution >= 0.6 is 0 Å². The maximum atomic E-state index is 8.62. The van der Waals surface area contributed by atoms with Gasteiger partial charge < -0.3 is 0 Å². The fourth-order valence-electron chi connectivity index (χ4n) is 0.955. The summed E-state index contributed by atoms with van der Waals surface area (Å²) in [6.45, 7) is 5.81. The Kier molecular flexibility index (Phi) is 1.91. The fourth-order valence-corrected chi connectivity index (χ4v) is 0.955. The lowest BCUT2D eigenvalue weighted by molar-refractivity contribution is 1.10. The van der Waals surface area contributed by atoms with Gasteiger partial charge in [-0.25, -0.2) is 4.98 Å². The van der Waals surface area contributed by atoms with E-state index in [1.807, 2.05) is 26.8 Å². The minimum absolute atomic E-state index is 0.535. The highest BCUT2D eigenvalue weighted by Crippen LogP contribution is 2.09. The van der Waals surface area contributed by atoms with E-state index in [1.165, 1.54) is 0 Å². The number of nitrogens with zero attached hydrogens (tertiary/aromatic N) is 2. The van der Waals surface area contributed by atoms with Crippen molar-refractivity contribution in [1.29, 1.82) is 5.26 Å². The lowest BCUT2D eigenvalue weighted by Gasteiger charge is -2.01. The zero-order valence-corrected chi connectivity index (χ0v) is 6.97. The molecule has 11 heavy (non-hydrogen) atoms. The second-order valence-corrected chi connectivity index (χ2v) is 2.67. The highest BCUT2D eigenvalue weighted by molar-refractivity contribution is 5.35. The lowest BCUT2D eigenvalue weighted by Crippen LogP contribution is -1.93. The highest BCUT2D eigenvalue weighted by Gasteiger charge is 2.00. The number of aromatic nitrogens is 1. The highest BCUT2D eigenvalue weighted by atomic mass is 14.7. The summed E-state index contributed by atoms with van der Waals surface area (Å²) in [7, 11) is 0. The van der Waals surface area contributed by atoms with Crippen molar-refractivity contribution < 1.29 is 0 Å². The van der Waals surface area contributed by atoms with Gasteiger partial charge in [-0.05, 0) is 31.9 Å². The quantitative estimate of drug-likeness (QED) is 0.560. The van der Waals surface area contributed by atoms with Crippen LogP contribution in [0, 0.1) is 32.1 Å². The van der Waals surface area contributed by atoms with Gasteiger partial charge in [0.2, 0.25) is 0 Å². The number of hydrogen-bond acceptors (Lipinski definition) is 2. The van der Waals surface area contributed by atoms with Crippen LogP contribution in [0.15, 0.2) is 6.07 Å². The van der Waals surface area contributed by atoms with Crippen LogP contribution in [0.25, 0.3) is 0 Å². The standard InChI is InChI=1S/C9H10N2/c1-6-4-7(2)9(5-10)11-8(6)3/h4H,1-3H3. The molecular formula is C9H10N2. The average molecular weight is 146 g/mol. The second-order valence-electron chi connectivity index (χ2n) is 2.67. The maximum Gasteiger partial charge on any atom is 0.143 e. The number of hydrogen-bond donors (Lipinski definition) is 0. The van der Waals surface area contributed by atoms with Crippen LogP contribution in [0.1, 0.15) is 22.5 Å². The summed E-state index contributed by atoms with van der Waals surface area (Å²) in [4.78, 5) is 4.13. The summed E-state index contributed by atoms with van der Waals surface area (Å²) in [5.74, 6) is 0. The predicted octanol–water partition coefficient (Wildman–Crippen LogP) is 1.88. The molecule has 2 heteroatoms. The molecule has 0 aliphatic carbocycles. The monoisotopic (exact) mass is 146 g/mol. The summed E-state index contributed by atoms with van der Waals surface area (Å²) in [6.07, 6.45) is 0. The van der Waals surface area contributed by atoms with Crippen molar-refractivity contribution in [1.82, 2.24) is 4.98 Å². The van der Waals surface area contributed by atoms with Crippen molar-refractivity contribution in [2.24, 2.45) is 0 Å². The molecule has 1 aromatic heterocycles. The van der Waals surface area contributed by atoms with E-state index >= 15 is 0 Å². The normalized spacial score (nSPS) is 9.27. The molecule has 1 rings (SSSR count). The van der Waals surface area contributed by atoms with Crippen LogP contribution in [-0.4, -0.2) is 4.98 Å². The molecule has 0 saturated carbocycles. The Labute approximate surface area is 66.5 Å². The van der Waals surface area contributed by atoms with Crippen molar-refractivity contribution in [2.75, 3.05) is 0 Å². The Morgan fingerprint density at radius 1 is 1.27 bits per heavy atom. The van der Waals surface area contributed by atoms with Crippen LogP contribution in [-0.2, 0) is 0 Å². The van der Waals surface area contributed by atoms with Gasteiger partial charge in [0.05, 0.1) is 0 Å². The van der Waals surface area contributed by atoms with E-state index in [4.69, 9.17) is 5.26 Å². The molecule has 1 heterocycles. The molecule has 0 fully saturated rings. The molecule has 0 saturated heterocycles. The largest absolute Gasteiger partial charge is 0.242 e. The molecule has 0 amide bonds. The Hall–Kier alpha value is -1.36. The molecule has 2 nitrogen and oxygen atoms in total. The first-order valence-electron chi connectivity index (χ1n) is 3.50. The minimum atomic E-state index is 0.535. The Bertz CT molecular complexity index is 321. The Morgan fingerprint density at radius 2 is 1.91 bits per heavy atom. The van der Waals surface area contributed by atoms with E-state index in [0.29, 0.717) is 5.69 Å². The molecule has 1 aromatic rings. The zero-order chi connectivity index (χ0) is 8.43. The van der Waals surface area contributed by atoms with E-state index in [1.54, 1.807) is 0 Å². The third kappa shape index (κ3) is 1.38. The fraction of sp³-hybridized carbons (Fsp3) is 0.333. The number of pyridine rings is 1. The van der Waals surface area contributed by atoms with Gasteiger partial charge in [0, 0.05) is 5.69 Å². The van der Waals surface area contributed by atoms with E-state index < -0.39 is 0 Å². The molecule has 0 aliphatic heterocycles. The van der Waals surface area contributed by atoms with Crippen LogP contribution in [0.5, 0.6) is 0 Å². The molecule has 0 atom stereocenters. The maximum absolute atomic E-state index is 8.62. The molecule has 0 N–H and O–H groups in total. The van der Waals surface area contributed by atoms with Crippen LogP contribution in [0.2, 0.25) is 0 Å². The molecule has 0 aliphatic rings. The SMILES string of the molecule is Cc1cc(C)c(C#N)nc1C. The lowest BCUT2D eigenvalue weighted by atomic mass is 10.1. The van der Waals surface area contributed by atoms with Gasteiger partial charge >= 0.3 is 0 Å². The molecule has 0 bridgehead atoms. The summed E-state index contributed by atoms with van der Waals surface area (Å²) in [6, 6.07) is 4.04. The smallest absolute Gasteiger partial charge is 0.143 e. The molecule has 0 aromatic carbocycles. The van der Waals surface area contributed by atoms with Crippen molar-refractivity contribution in [2.45, 2.75) is 20.8 Å². The van der Waals surface area contributed by atoms with Crippen LogP contribution in [0.4, 0.5) is 0 Å². The Morgan fingerprint density at radius 3 is 2.45 bits per heavy atom. The van der Waals surface area contributed by atoms with E-state index in [9.17, 15) is 0 Å². The van der Waals surface area contributed by atoms with Crippen molar-refractivity contribution >= 4 is 0 Å². The number of aryl methyl sites for hydroxylation is 3. The number of nitriles is 1. The minimum Gasteiger partial charge on any atom is -0.242 e. The second kappa shape index (κ2) is 2.71. The molecule has 56 valence electrons. The summed E-state index contributed by atoms with van der Waals surface area (Å²) in [5.41, 5.74) is 3.57. The Balaban J connectivity index is 3.35. The molecule has 0 radical (unpaired) electrons. The first-order valence-corrected chi connectivity index (χ1v) is 3.50. The van der Waals surface area contributed by atoms with Gasteiger partial charge in [0.15, 0.2) is 0 Å². The third-order valence-electron chi connectivity index (χ3n) is 1.76. The average Bonchev–Trinajstić information content (AvgIpc) is 1.97. The molecule has 0 spiro atoms. The van der Waals surface area contributed by atoms with Gasteiger partial charge in [-0.1, -0.05) is 6.07 Å².